The summed E-state index contributed by atoms with van der Waals surface area (Å²) in [4.78, 5) is 67.4. The molecule has 359 valence electrons. The number of carboxylic acid groups (broad SMARTS) is 5. The number of carbonyl (C=O) groups is 5. The van der Waals surface area contributed by atoms with Gasteiger partial charge in [0.2, 0.25) is 0 Å². The van der Waals surface area contributed by atoms with Gasteiger partial charge in [0.25, 0.3) is 0 Å². The van der Waals surface area contributed by atoms with Crippen LogP contribution in [0.1, 0.15) is 117 Å². The van der Waals surface area contributed by atoms with Crippen LogP contribution in [0.4, 0.5) is 0 Å². The molecule has 0 bridgehead atoms. The third kappa shape index (κ3) is 21.8. The van der Waals surface area contributed by atoms with Gasteiger partial charge in [0.05, 0.1) is 48.5 Å². The Morgan fingerprint density at radius 2 is 0.823 bits per heavy atom. The molecule has 20 heteroatoms. The van der Waals surface area contributed by atoms with Crippen LogP contribution < -0.4 is 30.5 Å². The first kappa shape index (κ1) is 58.0. The Morgan fingerprint density at radius 3 is 1.10 bits per heavy atom. The third-order valence-corrected chi connectivity index (χ3v) is 12.7. The molecule has 62 heavy (non-hydrogen) atoms. The van der Waals surface area contributed by atoms with Crippen LogP contribution in [-0.2, 0) is 24.0 Å². The Bertz CT molecular complexity index is 1280. The van der Waals surface area contributed by atoms with Gasteiger partial charge in [-0.25, -0.2) is 0 Å². The maximum absolute atomic E-state index is 12.7. The standard InChI is InChI=1S/C35H59N3O10.C7H15NO5.Gd.H2/c39-31(40)23-37(29(34(45)46)21-26-12-6-2-7-13-26)18-16-36(28(33(43)44)20-25-10-4-1-5-11-25)17-19-38(24-32(41)42)30(35(47)48)22-27-14-8-3-9-15-27;1-8-2-4(10)6(12)7(13)5(11)3-9;;/h25-30H,1-24H2,(H,39,40)(H,41,42)(H,43,44)(H,45,46)(H,47,48);4-7,9-13H,1-3H2;;1H/q;;+3;/p-4/t28-,29-,30-;;;/m0.../s1. The van der Waals surface area contributed by atoms with Gasteiger partial charge in [0, 0.05) is 46.7 Å². The van der Waals surface area contributed by atoms with Crippen LogP contribution in [0, 0.1) is 57.7 Å². The van der Waals surface area contributed by atoms with Gasteiger partial charge in [0.1, 0.15) is 31.1 Å². The van der Waals surface area contributed by atoms with E-state index in [0.29, 0.717) is 0 Å². The van der Waals surface area contributed by atoms with Gasteiger partial charge in [-0.3, -0.25) is 19.7 Å². The van der Waals surface area contributed by atoms with Crippen molar-refractivity contribution in [2.75, 3.05) is 52.4 Å². The minimum absolute atomic E-state index is 0. The average molecular weight is 1030 g/mol. The molecule has 0 aromatic carbocycles. The maximum atomic E-state index is 12.7. The van der Waals surface area contributed by atoms with Crippen LogP contribution in [0.2, 0.25) is 0 Å². The van der Waals surface area contributed by atoms with E-state index in [9.17, 15) is 54.6 Å². The molecule has 3 fully saturated rings. The van der Waals surface area contributed by atoms with Crippen LogP contribution in [0.15, 0.2) is 0 Å². The molecule has 1 radical (unpaired) electrons. The summed E-state index contributed by atoms with van der Waals surface area (Å²) in [7, 11) is 0. The number of aliphatic hydroxyl groups is 5. The van der Waals surface area contributed by atoms with E-state index >= 15 is 0 Å². The summed E-state index contributed by atoms with van der Waals surface area (Å²) < 4.78 is 0. The second kappa shape index (κ2) is 31.8. The maximum Gasteiger partial charge on any atom is 3.00 e. The number of carboxylic acids is 5. The molecule has 3 rings (SSSR count). The topological polar surface area (TPSA) is 325 Å². The zero-order chi connectivity index (χ0) is 45.5. The zero-order valence-electron chi connectivity index (χ0n) is 35.9. The second-order valence-corrected chi connectivity index (χ2v) is 17.2. The molecule has 7 atom stereocenters. The molecule has 0 spiro atoms. The Morgan fingerprint density at radius 1 is 0.532 bits per heavy atom. The van der Waals surface area contributed by atoms with Crippen molar-refractivity contribution in [3.8, 4) is 0 Å². The van der Waals surface area contributed by atoms with E-state index in [-0.39, 0.29) is 111 Å². The predicted molar refractivity (Wildman–Crippen MR) is 211 cm³/mol. The average Bonchev–Trinajstić information content (AvgIpc) is 3.23. The SMILES string of the molecule is C=[NH+]CC(O)C(O)C(O)C(O)CO.O=C([O-])CN(CCN(CCN(CC(=O)[O-])[C@@H](CC1CCCCC1)C(=O)[O-])[C@@H](CC1CCCCC1)C(=O)[O-])[C@@H](CC1CCCCC1)C(=O)[O-].[Gd+3].[HH]. The molecule has 3 aliphatic rings. The molecule has 0 aromatic rings. The van der Waals surface area contributed by atoms with Crippen molar-refractivity contribution >= 4 is 36.6 Å². The molecule has 6 N–H and O–H groups in total. The summed E-state index contributed by atoms with van der Waals surface area (Å²) in [5.41, 5.74) is 0. The molecule has 0 aliphatic heterocycles. The number of nitrogens with zero attached hydrogens (tertiary/aromatic N) is 3. The van der Waals surface area contributed by atoms with Gasteiger partial charge >= 0.3 is 39.9 Å². The number of aliphatic hydroxyl groups excluding tert-OH is 5. The van der Waals surface area contributed by atoms with Crippen molar-refractivity contribution in [1.82, 2.24) is 14.7 Å². The number of rotatable bonds is 28. The number of aliphatic carboxylic acids is 5. The van der Waals surface area contributed by atoms with Crippen molar-refractivity contribution in [1.29, 1.82) is 0 Å². The minimum Gasteiger partial charge on any atom is -0.549 e. The fourth-order valence-electron chi connectivity index (χ4n) is 9.19. The van der Waals surface area contributed by atoms with E-state index in [1.807, 2.05) is 0 Å². The summed E-state index contributed by atoms with van der Waals surface area (Å²) in [5, 5.41) is 106. The monoisotopic (exact) mass is 1030 g/mol. The second-order valence-electron chi connectivity index (χ2n) is 17.2. The zero-order valence-corrected chi connectivity index (χ0v) is 38.1. The first-order chi connectivity index (χ1) is 29.0. The van der Waals surface area contributed by atoms with Gasteiger partial charge in [-0.15, -0.1) is 0 Å². The van der Waals surface area contributed by atoms with E-state index in [1.54, 1.807) is 4.90 Å². The van der Waals surface area contributed by atoms with E-state index in [4.69, 9.17) is 20.4 Å². The van der Waals surface area contributed by atoms with E-state index in [2.05, 4.69) is 11.7 Å². The van der Waals surface area contributed by atoms with Crippen molar-refractivity contribution in [2.24, 2.45) is 17.8 Å². The molecule has 4 unspecified atom stereocenters. The van der Waals surface area contributed by atoms with E-state index < -0.39 is 92.1 Å². The Kier molecular flexibility index (Phi) is 29.8. The van der Waals surface area contributed by atoms with Gasteiger partial charge < -0.3 is 75.0 Å². The Hall–Kier alpha value is -1.98. The van der Waals surface area contributed by atoms with Crippen LogP contribution in [0.5, 0.6) is 0 Å². The summed E-state index contributed by atoms with van der Waals surface area (Å²) in [6.07, 6.45) is 8.82. The third-order valence-electron chi connectivity index (χ3n) is 12.7. The largest absolute Gasteiger partial charge is 3.00 e. The van der Waals surface area contributed by atoms with Crippen LogP contribution >= 0.6 is 0 Å². The molecular weight excluding hydrogens is 958 g/mol. The number of hydrogen-bond donors (Lipinski definition) is 6. The Balaban J connectivity index is 0.00000222. The van der Waals surface area contributed by atoms with Crippen LogP contribution in [0.25, 0.3) is 0 Å². The smallest absolute Gasteiger partial charge is 0.549 e. The van der Waals surface area contributed by atoms with E-state index in [1.165, 1.54) is 9.80 Å². The van der Waals surface area contributed by atoms with Gasteiger partial charge in [-0.05, 0) is 37.0 Å². The van der Waals surface area contributed by atoms with Gasteiger partial charge in [0.15, 0.2) is 6.54 Å². The molecule has 19 nitrogen and oxygen atoms in total. The molecule has 0 amide bonds. The number of hydrogen-bond acceptors (Lipinski definition) is 18. The summed E-state index contributed by atoms with van der Waals surface area (Å²) >= 11 is 0. The van der Waals surface area contributed by atoms with Crippen molar-refractivity contribution in [3.05, 3.63) is 0 Å². The molecular formula is C42H72GdN4O15-. The molecule has 3 saturated carbocycles. The van der Waals surface area contributed by atoms with Crippen LogP contribution in [0.3, 0.4) is 0 Å². The quantitative estimate of drug-likeness (QED) is 0.0397. The summed E-state index contributed by atoms with van der Waals surface area (Å²) in [5.74, 6) is -6.84. The predicted octanol–water partition coefficient (Wildman–Crippen LogP) is -6.89. The van der Waals surface area contributed by atoms with Gasteiger partial charge in [-0.2, -0.15) is 0 Å². The first-order valence-corrected chi connectivity index (χ1v) is 22.1. The summed E-state index contributed by atoms with van der Waals surface area (Å²) in [6.45, 7) is 0.705. The van der Waals surface area contributed by atoms with Crippen molar-refractivity contribution in [2.45, 2.75) is 158 Å². The number of nitrogens with one attached hydrogen (secondary N) is 1. The summed E-state index contributed by atoms with van der Waals surface area (Å²) in [6, 6.07) is -3.58. The normalized spacial score (nSPS) is 20.1. The minimum atomic E-state index is -1.58. The number of carbonyl (C=O) groups excluding carboxylic acids is 5. The molecule has 0 aromatic heterocycles. The Labute approximate surface area is 398 Å². The fourth-order valence-corrected chi connectivity index (χ4v) is 9.19. The van der Waals surface area contributed by atoms with Crippen molar-refractivity contribution < 1.29 is 121 Å². The van der Waals surface area contributed by atoms with Crippen LogP contribution in [-0.4, -0.2) is 172 Å². The fraction of sp³-hybridized carbons (Fsp3) is 0.857. The van der Waals surface area contributed by atoms with Gasteiger partial charge in [-0.1, -0.05) is 96.3 Å². The molecule has 0 saturated heterocycles. The molecule has 3 aliphatic carbocycles. The van der Waals surface area contributed by atoms with E-state index in [0.717, 1.165) is 96.3 Å². The molecule has 0 heterocycles. The van der Waals surface area contributed by atoms with Crippen molar-refractivity contribution in [3.63, 3.8) is 0 Å². The first-order valence-electron chi connectivity index (χ1n) is 22.1.